The van der Waals surface area contributed by atoms with Crippen molar-refractivity contribution in [3.05, 3.63) is 46.2 Å². The van der Waals surface area contributed by atoms with Crippen LogP contribution in [0.3, 0.4) is 0 Å². The molecule has 1 heterocycles. The number of imidazole rings is 1. The molecule has 2 N–H and O–H groups in total. The summed E-state index contributed by atoms with van der Waals surface area (Å²) < 4.78 is 1.83. The van der Waals surface area contributed by atoms with Crippen LogP contribution >= 0.6 is 23.2 Å². The molecule has 2 rings (SSSR count). The molecule has 0 saturated carbocycles. The number of hydrogen-bond acceptors (Lipinski definition) is 2. The highest BCUT2D eigenvalue weighted by molar-refractivity contribution is 6.42. The number of benzene rings is 1. The maximum Gasteiger partial charge on any atom is 0.200 e. The third kappa shape index (κ3) is 2.25. The van der Waals surface area contributed by atoms with Gasteiger partial charge in [0.15, 0.2) is 5.95 Å². The zero-order valence-corrected chi connectivity index (χ0v) is 9.33. The monoisotopic (exact) mass is 241 g/mol. The molecule has 0 spiro atoms. The van der Waals surface area contributed by atoms with Gasteiger partial charge >= 0.3 is 0 Å². The number of rotatable bonds is 2. The second-order valence-electron chi connectivity index (χ2n) is 3.16. The van der Waals surface area contributed by atoms with Crippen molar-refractivity contribution in [3.8, 4) is 0 Å². The number of nitrogens with zero attached hydrogens (tertiary/aromatic N) is 2. The van der Waals surface area contributed by atoms with E-state index < -0.39 is 0 Å². The molecule has 0 atom stereocenters. The van der Waals surface area contributed by atoms with Gasteiger partial charge in [0, 0.05) is 12.4 Å². The van der Waals surface area contributed by atoms with Gasteiger partial charge in [-0.15, -0.1) is 0 Å². The van der Waals surface area contributed by atoms with Crippen LogP contribution in [0.4, 0.5) is 5.95 Å². The summed E-state index contributed by atoms with van der Waals surface area (Å²) in [4.78, 5) is 3.93. The summed E-state index contributed by atoms with van der Waals surface area (Å²) in [5.74, 6) is 0.487. The topological polar surface area (TPSA) is 43.8 Å². The maximum atomic E-state index is 5.91. The first-order valence-electron chi connectivity index (χ1n) is 4.37. The molecule has 0 saturated heterocycles. The van der Waals surface area contributed by atoms with Crippen LogP contribution in [0.2, 0.25) is 10.0 Å². The molecule has 0 aliphatic rings. The summed E-state index contributed by atoms with van der Waals surface area (Å²) in [7, 11) is 0. The Morgan fingerprint density at radius 3 is 2.67 bits per heavy atom. The van der Waals surface area contributed by atoms with Gasteiger partial charge in [-0.25, -0.2) is 4.98 Å². The Morgan fingerprint density at radius 1 is 1.27 bits per heavy atom. The fourth-order valence-electron chi connectivity index (χ4n) is 1.31. The molecule has 0 bridgehead atoms. The van der Waals surface area contributed by atoms with Crippen LogP contribution in [-0.2, 0) is 6.54 Å². The Hall–Kier alpha value is -1.19. The van der Waals surface area contributed by atoms with Crippen LogP contribution in [0.15, 0.2) is 30.6 Å². The standard InChI is InChI=1S/C10H9Cl2N3/c11-8-2-1-7(5-9(8)12)6-15-4-3-14-10(15)13/h1-5H,6H2,(H2,13,14). The number of halogens is 2. The Morgan fingerprint density at radius 2 is 2.07 bits per heavy atom. The zero-order valence-electron chi connectivity index (χ0n) is 7.82. The van der Waals surface area contributed by atoms with Crippen LogP contribution in [0.1, 0.15) is 5.56 Å². The molecular weight excluding hydrogens is 233 g/mol. The van der Waals surface area contributed by atoms with Gasteiger partial charge in [0.25, 0.3) is 0 Å². The van der Waals surface area contributed by atoms with Gasteiger partial charge in [-0.1, -0.05) is 29.3 Å². The number of hydrogen-bond donors (Lipinski definition) is 1. The van der Waals surface area contributed by atoms with E-state index in [-0.39, 0.29) is 0 Å². The Bertz CT molecular complexity index is 479. The Kier molecular flexibility index (Phi) is 2.84. The van der Waals surface area contributed by atoms with Gasteiger partial charge in [0.2, 0.25) is 0 Å². The van der Waals surface area contributed by atoms with Crippen LogP contribution < -0.4 is 5.73 Å². The highest BCUT2D eigenvalue weighted by Gasteiger charge is 2.02. The summed E-state index contributed by atoms with van der Waals surface area (Å²) in [6.45, 7) is 0.642. The normalized spacial score (nSPS) is 10.5. The number of aromatic nitrogens is 2. The molecule has 0 fully saturated rings. The van der Waals surface area contributed by atoms with E-state index in [2.05, 4.69) is 4.98 Å². The molecule has 78 valence electrons. The van der Waals surface area contributed by atoms with Crippen LogP contribution in [0.25, 0.3) is 0 Å². The molecule has 0 aliphatic carbocycles. The lowest BCUT2D eigenvalue weighted by atomic mass is 10.2. The Balaban J connectivity index is 2.25. The van der Waals surface area contributed by atoms with E-state index in [1.165, 1.54) is 0 Å². The summed E-state index contributed by atoms with van der Waals surface area (Å²) in [6.07, 6.45) is 3.48. The number of anilines is 1. The molecule has 0 unspecified atom stereocenters. The summed E-state index contributed by atoms with van der Waals surface area (Å²) in [5.41, 5.74) is 6.69. The fourth-order valence-corrected chi connectivity index (χ4v) is 1.63. The van der Waals surface area contributed by atoms with Gasteiger partial charge in [0.1, 0.15) is 0 Å². The van der Waals surface area contributed by atoms with E-state index in [4.69, 9.17) is 28.9 Å². The van der Waals surface area contributed by atoms with E-state index >= 15 is 0 Å². The largest absolute Gasteiger partial charge is 0.369 e. The van der Waals surface area contributed by atoms with Gasteiger partial charge in [-0.2, -0.15) is 0 Å². The predicted molar refractivity (Wildman–Crippen MR) is 62.2 cm³/mol. The summed E-state index contributed by atoms with van der Waals surface area (Å²) in [6, 6.07) is 5.50. The van der Waals surface area contributed by atoms with Crippen molar-refractivity contribution in [3.63, 3.8) is 0 Å². The summed E-state index contributed by atoms with van der Waals surface area (Å²) in [5, 5.41) is 1.10. The lowest BCUT2D eigenvalue weighted by Gasteiger charge is -2.05. The minimum Gasteiger partial charge on any atom is -0.369 e. The highest BCUT2D eigenvalue weighted by atomic mass is 35.5. The van der Waals surface area contributed by atoms with Gasteiger partial charge in [0.05, 0.1) is 16.6 Å². The molecule has 1 aromatic heterocycles. The average molecular weight is 242 g/mol. The molecule has 2 aromatic rings. The van der Waals surface area contributed by atoms with Crippen molar-refractivity contribution >= 4 is 29.2 Å². The third-order valence-corrected chi connectivity index (χ3v) is 2.82. The van der Waals surface area contributed by atoms with Gasteiger partial charge in [-0.05, 0) is 17.7 Å². The second-order valence-corrected chi connectivity index (χ2v) is 3.98. The molecule has 5 heteroatoms. The van der Waals surface area contributed by atoms with Crippen molar-refractivity contribution in [1.29, 1.82) is 0 Å². The van der Waals surface area contributed by atoms with Crippen LogP contribution in [0, 0.1) is 0 Å². The van der Waals surface area contributed by atoms with Crippen molar-refractivity contribution in [2.45, 2.75) is 6.54 Å². The van der Waals surface area contributed by atoms with Crippen molar-refractivity contribution in [2.24, 2.45) is 0 Å². The van der Waals surface area contributed by atoms with Crippen LogP contribution in [-0.4, -0.2) is 9.55 Å². The lowest BCUT2D eigenvalue weighted by Crippen LogP contribution is -2.03. The number of nitrogen functional groups attached to an aromatic ring is 1. The molecule has 0 amide bonds. The van der Waals surface area contributed by atoms with Crippen molar-refractivity contribution < 1.29 is 0 Å². The fraction of sp³-hybridized carbons (Fsp3) is 0.100. The number of nitrogens with two attached hydrogens (primary N) is 1. The first-order chi connectivity index (χ1) is 7.16. The SMILES string of the molecule is Nc1nccn1Cc1ccc(Cl)c(Cl)c1. The zero-order chi connectivity index (χ0) is 10.8. The predicted octanol–water partition coefficient (Wildman–Crippen LogP) is 2.82. The maximum absolute atomic E-state index is 5.91. The van der Waals surface area contributed by atoms with E-state index in [0.717, 1.165) is 5.56 Å². The van der Waals surface area contributed by atoms with Crippen molar-refractivity contribution in [1.82, 2.24) is 9.55 Å². The Labute approximate surface area is 97.4 Å². The molecule has 0 aliphatic heterocycles. The second kappa shape index (κ2) is 4.13. The highest BCUT2D eigenvalue weighted by Crippen LogP contribution is 2.23. The molecule has 1 aromatic carbocycles. The molecule has 3 nitrogen and oxygen atoms in total. The minimum absolute atomic E-state index is 0.487. The van der Waals surface area contributed by atoms with E-state index in [1.54, 1.807) is 12.3 Å². The van der Waals surface area contributed by atoms with Gasteiger partial charge < -0.3 is 10.3 Å². The van der Waals surface area contributed by atoms with E-state index in [0.29, 0.717) is 22.5 Å². The van der Waals surface area contributed by atoms with Gasteiger partial charge in [-0.3, -0.25) is 0 Å². The smallest absolute Gasteiger partial charge is 0.200 e. The lowest BCUT2D eigenvalue weighted by molar-refractivity contribution is 0.811. The third-order valence-electron chi connectivity index (χ3n) is 2.08. The first-order valence-corrected chi connectivity index (χ1v) is 5.13. The van der Waals surface area contributed by atoms with E-state index in [1.807, 2.05) is 22.9 Å². The molecular formula is C10H9Cl2N3. The average Bonchev–Trinajstić information content (AvgIpc) is 2.59. The quantitative estimate of drug-likeness (QED) is 0.879. The first kappa shape index (κ1) is 10.3. The van der Waals surface area contributed by atoms with Crippen molar-refractivity contribution in [2.75, 3.05) is 5.73 Å². The summed E-state index contributed by atoms with van der Waals surface area (Å²) >= 11 is 11.7. The molecule has 0 radical (unpaired) electrons. The molecule has 15 heavy (non-hydrogen) atoms. The van der Waals surface area contributed by atoms with Crippen LogP contribution in [0.5, 0.6) is 0 Å². The van der Waals surface area contributed by atoms with E-state index in [9.17, 15) is 0 Å². The minimum atomic E-state index is 0.487.